The Kier molecular flexibility index (Phi) is 8.94. The first-order chi connectivity index (χ1) is 12.5. The summed E-state index contributed by atoms with van der Waals surface area (Å²) < 4.78 is 32.7. The number of nitrogens with two attached hydrogens (primary N) is 1. The first-order valence-corrected chi connectivity index (χ1v) is 10.0. The molecule has 4 atom stereocenters. The van der Waals surface area contributed by atoms with E-state index in [-0.39, 0.29) is 5.82 Å². The summed E-state index contributed by atoms with van der Waals surface area (Å²) in [5.74, 6) is 0.218. The van der Waals surface area contributed by atoms with Crippen LogP contribution in [0.2, 0.25) is 0 Å². The maximum absolute atomic E-state index is 9.95. The molecule has 0 aliphatic carbocycles. The summed E-state index contributed by atoms with van der Waals surface area (Å²) in [4.78, 5) is 33.5. The Morgan fingerprint density at radius 3 is 2.22 bits per heavy atom. The van der Waals surface area contributed by atoms with E-state index in [1.54, 1.807) is 0 Å². The molecule has 0 radical (unpaired) electrons. The van der Waals surface area contributed by atoms with Gasteiger partial charge in [0.2, 0.25) is 0 Å². The summed E-state index contributed by atoms with van der Waals surface area (Å²) in [6.07, 6.45) is -1.42. The zero-order valence-corrected chi connectivity index (χ0v) is 16.1. The first kappa shape index (κ1) is 23.6. The van der Waals surface area contributed by atoms with Gasteiger partial charge in [0.05, 0.1) is 12.9 Å². The van der Waals surface area contributed by atoms with Crippen molar-refractivity contribution in [2.75, 3.05) is 12.3 Å². The van der Waals surface area contributed by atoms with Crippen LogP contribution in [0.4, 0.5) is 5.82 Å². The molecule has 27 heavy (non-hydrogen) atoms. The molecule has 3 rings (SSSR count). The second-order valence-corrected chi connectivity index (χ2v) is 6.25. The quantitative estimate of drug-likeness (QED) is 0.161. The van der Waals surface area contributed by atoms with Crippen LogP contribution < -0.4 is 5.73 Å². The fourth-order valence-corrected chi connectivity index (χ4v) is 2.17. The molecule has 152 valence electrons. The standard InChI is InChI=1S/C10H13N5O4.Mo.H3O4P.2O/c11-8-5-9(13-2-12-8)15(3-14-5)10-7(18)6(17)4(1-16)19-10;;1-5(2,3)4;;/h2-4,6-7,10,16-18H,1H2,(H2,11,12,13);;(H3,1,2,3,4);;/t4-,6-,7-,10-;;;;/m1..../s1. The molecule has 3 heterocycles. The van der Waals surface area contributed by atoms with Gasteiger partial charge in [-0.25, -0.2) is 19.5 Å². The van der Waals surface area contributed by atoms with E-state index in [1.165, 1.54) is 17.2 Å². The minimum absolute atomic E-state index is 0.218. The van der Waals surface area contributed by atoms with Gasteiger partial charge < -0.3 is 40.5 Å². The summed E-state index contributed by atoms with van der Waals surface area (Å²) in [5, 5.41) is 28.7. The predicted molar refractivity (Wildman–Crippen MR) is 78.4 cm³/mol. The number of anilines is 1. The van der Waals surface area contributed by atoms with Gasteiger partial charge in [0, 0.05) is 0 Å². The van der Waals surface area contributed by atoms with Crippen molar-refractivity contribution in [2.45, 2.75) is 24.5 Å². The van der Waals surface area contributed by atoms with Gasteiger partial charge in [-0.2, -0.15) is 0 Å². The molecular weight excluding hydrogens is 477 g/mol. The molecular formula is C10H16MoN5O10P. The van der Waals surface area contributed by atoms with Gasteiger partial charge in [-0.3, -0.25) is 4.57 Å². The van der Waals surface area contributed by atoms with E-state index < -0.39 is 57.5 Å². The topological polar surface area (TPSA) is 251 Å². The zero-order valence-electron chi connectivity index (χ0n) is 13.2. The Bertz CT molecular complexity index is 831. The van der Waals surface area contributed by atoms with E-state index in [0.29, 0.717) is 11.2 Å². The number of imidazole rings is 1. The van der Waals surface area contributed by atoms with E-state index in [4.69, 9.17) is 41.6 Å². The number of nitrogens with zero attached hydrogens (tertiary/aromatic N) is 4. The van der Waals surface area contributed by atoms with Gasteiger partial charge in [-0.05, 0) is 0 Å². The number of fused-ring (bicyclic) bond motifs is 1. The van der Waals surface area contributed by atoms with Gasteiger partial charge in [0.15, 0.2) is 17.7 Å². The third-order valence-corrected chi connectivity index (χ3v) is 3.18. The fraction of sp³-hybridized carbons (Fsp3) is 0.500. The number of ether oxygens (including phenoxy) is 1. The van der Waals surface area contributed by atoms with Gasteiger partial charge in [0.1, 0.15) is 30.2 Å². The SMILES string of the molecule is Nc1ncnc2c1ncn2[C@@H]1O[C@H](CO)[C@@H](O)[C@H]1O.O=P(O)(O)O.[O]=[Mo]=[O]. The predicted octanol–water partition coefficient (Wildman–Crippen LogP) is -3.15. The van der Waals surface area contributed by atoms with Crippen molar-refractivity contribution in [3.8, 4) is 0 Å². The number of rotatable bonds is 2. The molecule has 0 saturated carbocycles. The van der Waals surface area contributed by atoms with Crippen LogP contribution in [0.25, 0.3) is 11.2 Å². The van der Waals surface area contributed by atoms with Crippen molar-refractivity contribution >= 4 is 24.8 Å². The number of aromatic nitrogens is 4. The number of nitrogen functional groups attached to an aromatic ring is 1. The Morgan fingerprint density at radius 2 is 1.74 bits per heavy atom. The molecule has 0 amide bonds. The van der Waals surface area contributed by atoms with Gasteiger partial charge in [0.25, 0.3) is 0 Å². The number of aliphatic hydroxyl groups is 3. The van der Waals surface area contributed by atoms with E-state index in [1.807, 2.05) is 0 Å². The van der Waals surface area contributed by atoms with Crippen LogP contribution in [0.15, 0.2) is 12.7 Å². The molecule has 1 fully saturated rings. The third kappa shape index (κ3) is 6.60. The van der Waals surface area contributed by atoms with Gasteiger partial charge in [-0.15, -0.1) is 0 Å². The molecule has 15 nitrogen and oxygen atoms in total. The van der Waals surface area contributed by atoms with Crippen molar-refractivity contribution in [1.82, 2.24) is 19.5 Å². The van der Waals surface area contributed by atoms with Crippen LogP contribution in [-0.2, 0) is 34.6 Å². The number of hydrogen-bond donors (Lipinski definition) is 7. The summed E-state index contributed by atoms with van der Waals surface area (Å²) in [6.45, 7) is -0.390. The van der Waals surface area contributed by atoms with E-state index in [2.05, 4.69) is 15.0 Å². The van der Waals surface area contributed by atoms with Crippen molar-refractivity contribution in [3.05, 3.63) is 12.7 Å². The van der Waals surface area contributed by atoms with Crippen LogP contribution in [0.1, 0.15) is 6.23 Å². The summed E-state index contributed by atoms with van der Waals surface area (Å²) in [6, 6.07) is 0. The van der Waals surface area contributed by atoms with E-state index in [9.17, 15) is 10.2 Å². The Labute approximate surface area is 158 Å². The van der Waals surface area contributed by atoms with Crippen LogP contribution in [-0.4, -0.2) is 74.4 Å². The molecule has 0 spiro atoms. The third-order valence-electron chi connectivity index (χ3n) is 3.18. The molecule has 0 bridgehead atoms. The average Bonchev–Trinajstić information content (AvgIpc) is 3.10. The number of hydrogen-bond acceptors (Lipinski definition) is 11. The molecule has 17 heteroatoms. The number of aliphatic hydroxyl groups excluding tert-OH is 3. The van der Waals surface area contributed by atoms with Gasteiger partial charge in [-0.1, -0.05) is 0 Å². The van der Waals surface area contributed by atoms with E-state index in [0.717, 1.165) is 0 Å². The van der Waals surface area contributed by atoms with E-state index >= 15 is 0 Å². The monoisotopic (exact) mass is 495 g/mol. The molecule has 1 aliphatic rings. The molecule has 8 N–H and O–H groups in total. The second kappa shape index (κ2) is 10.2. The zero-order chi connectivity index (χ0) is 20.8. The fourth-order valence-electron chi connectivity index (χ4n) is 2.17. The normalized spacial score (nSPS) is 24.5. The average molecular weight is 493 g/mol. The molecule has 1 saturated heterocycles. The molecule has 1 aliphatic heterocycles. The molecule has 2 aromatic rings. The Balaban J connectivity index is 0.000000390. The first-order valence-electron chi connectivity index (χ1n) is 6.80. The minimum atomic E-state index is -4.64. The van der Waals surface area contributed by atoms with Crippen molar-refractivity contribution < 1.29 is 64.6 Å². The summed E-state index contributed by atoms with van der Waals surface area (Å²) in [5.41, 5.74) is 6.44. The van der Waals surface area contributed by atoms with Gasteiger partial charge >= 0.3 is 33.1 Å². The van der Waals surface area contributed by atoms with Crippen LogP contribution in [0.5, 0.6) is 0 Å². The maximum atomic E-state index is 9.95. The second-order valence-electron chi connectivity index (χ2n) is 4.89. The number of phosphoric acid groups is 1. The summed E-state index contributed by atoms with van der Waals surface area (Å²) in [7, 11) is -4.64. The Morgan fingerprint density at radius 1 is 1.19 bits per heavy atom. The van der Waals surface area contributed by atoms with Crippen LogP contribution in [0, 0.1) is 0 Å². The summed E-state index contributed by atoms with van der Waals surface area (Å²) >= 11 is -2.03. The van der Waals surface area contributed by atoms with Crippen molar-refractivity contribution in [3.63, 3.8) is 0 Å². The van der Waals surface area contributed by atoms with Crippen molar-refractivity contribution in [2.24, 2.45) is 0 Å². The van der Waals surface area contributed by atoms with Crippen LogP contribution >= 0.6 is 7.82 Å². The molecule has 0 aromatic carbocycles. The van der Waals surface area contributed by atoms with Crippen LogP contribution in [0.3, 0.4) is 0 Å². The molecule has 2 aromatic heterocycles. The Hall–Kier alpha value is -1.41. The van der Waals surface area contributed by atoms with Crippen molar-refractivity contribution in [1.29, 1.82) is 0 Å². The molecule has 0 unspecified atom stereocenters.